The number of hydrogen-bond acceptors (Lipinski definition) is 2. The quantitative estimate of drug-likeness (QED) is 0.649. The molecular formula is C18H21N3. The van der Waals surface area contributed by atoms with Gasteiger partial charge in [0.2, 0.25) is 0 Å². The Morgan fingerprint density at radius 1 is 1.10 bits per heavy atom. The predicted octanol–water partition coefficient (Wildman–Crippen LogP) is 3.75. The van der Waals surface area contributed by atoms with Crippen LogP contribution in [0.15, 0.2) is 42.5 Å². The highest BCUT2D eigenvalue weighted by Gasteiger charge is 2.19. The van der Waals surface area contributed by atoms with E-state index < -0.39 is 0 Å². The van der Waals surface area contributed by atoms with E-state index >= 15 is 0 Å². The molecule has 21 heavy (non-hydrogen) atoms. The number of nitrogens with one attached hydrogen (secondary N) is 1. The highest BCUT2D eigenvalue weighted by Crippen LogP contribution is 2.34. The van der Waals surface area contributed by atoms with Crippen LogP contribution in [0.1, 0.15) is 29.5 Å². The maximum absolute atomic E-state index is 7.86. The van der Waals surface area contributed by atoms with Gasteiger partial charge in [0.15, 0.2) is 0 Å². The molecule has 2 aromatic rings. The lowest BCUT2D eigenvalue weighted by molar-refractivity contribution is 0.761. The minimum Gasteiger partial charge on any atom is -0.384 e. The Bertz CT molecular complexity index is 676. The summed E-state index contributed by atoms with van der Waals surface area (Å²) in [6.07, 6.45) is 3.47. The van der Waals surface area contributed by atoms with E-state index in [9.17, 15) is 0 Å². The normalized spacial score (nSPS) is 14.4. The molecule has 0 saturated heterocycles. The molecule has 0 aromatic heterocycles. The topological polar surface area (TPSA) is 53.1 Å². The van der Waals surface area contributed by atoms with Crippen molar-refractivity contribution < 1.29 is 0 Å². The fraction of sp³-hybridized carbons (Fsp3) is 0.278. The molecule has 108 valence electrons. The van der Waals surface area contributed by atoms with Gasteiger partial charge in [0.05, 0.1) is 5.69 Å². The minimum absolute atomic E-state index is 0.131. The zero-order valence-corrected chi connectivity index (χ0v) is 12.4. The molecule has 0 fully saturated rings. The number of hydrogen-bond donors (Lipinski definition) is 2. The Morgan fingerprint density at radius 3 is 2.71 bits per heavy atom. The summed E-state index contributed by atoms with van der Waals surface area (Å²) < 4.78 is 0. The monoisotopic (exact) mass is 279 g/mol. The van der Waals surface area contributed by atoms with Gasteiger partial charge in [-0.1, -0.05) is 24.3 Å². The second kappa shape index (κ2) is 5.60. The first-order valence-corrected chi connectivity index (χ1v) is 7.47. The van der Waals surface area contributed by atoms with Crippen molar-refractivity contribution in [2.75, 3.05) is 11.4 Å². The van der Waals surface area contributed by atoms with Gasteiger partial charge >= 0.3 is 0 Å². The van der Waals surface area contributed by atoms with Crippen LogP contribution in [-0.2, 0) is 6.42 Å². The molecule has 3 rings (SSSR count). The summed E-state index contributed by atoms with van der Waals surface area (Å²) in [5, 5.41) is 7.86. The standard InChI is InChI=1S/C18H21N3/c1-13-9-10-15(18(19)20)17(12-13)21-11-5-4-7-14-6-2-3-8-16(14)21/h2-3,6,8-10,12H,4-5,7,11H2,1H3,(H3,19,20). The molecule has 0 unspecified atom stereocenters. The molecule has 0 amide bonds. The molecule has 2 aromatic carbocycles. The van der Waals surface area contributed by atoms with Crippen LogP contribution in [-0.4, -0.2) is 12.4 Å². The van der Waals surface area contributed by atoms with Crippen LogP contribution in [0.4, 0.5) is 11.4 Å². The number of nitrogens with zero attached hydrogens (tertiary/aromatic N) is 1. The van der Waals surface area contributed by atoms with Gasteiger partial charge in [-0.25, -0.2) is 0 Å². The fourth-order valence-electron chi connectivity index (χ4n) is 3.03. The van der Waals surface area contributed by atoms with Gasteiger partial charge in [-0.3, -0.25) is 5.41 Å². The molecule has 0 radical (unpaired) electrons. The van der Waals surface area contributed by atoms with E-state index in [1.54, 1.807) is 0 Å². The van der Waals surface area contributed by atoms with Crippen molar-refractivity contribution in [3.05, 3.63) is 59.2 Å². The summed E-state index contributed by atoms with van der Waals surface area (Å²) in [6, 6.07) is 14.7. The fourth-order valence-corrected chi connectivity index (χ4v) is 3.03. The van der Waals surface area contributed by atoms with E-state index in [4.69, 9.17) is 11.1 Å². The minimum atomic E-state index is 0.131. The van der Waals surface area contributed by atoms with Crippen LogP contribution in [0.3, 0.4) is 0 Å². The zero-order chi connectivity index (χ0) is 14.8. The Balaban J connectivity index is 2.16. The van der Waals surface area contributed by atoms with E-state index in [1.807, 2.05) is 12.1 Å². The molecule has 0 atom stereocenters. The van der Waals surface area contributed by atoms with Crippen molar-refractivity contribution >= 4 is 17.2 Å². The summed E-state index contributed by atoms with van der Waals surface area (Å²) in [6.45, 7) is 3.05. The highest BCUT2D eigenvalue weighted by atomic mass is 15.1. The van der Waals surface area contributed by atoms with Crippen molar-refractivity contribution in [3.63, 3.8) is 0 Å². The van der Waals surface area contributed by atoms with Crippen molar-refractivity contribution in [1.29, 1.82) is 5.41 Å². The molecule has 0 spiro atoms. The van der Waals surface area contributed by atoms with Gasteiger partial charge in [0.25, 0.3) is 0 Å². The second-order valence-corrected chi connectivity index (χ2v) is 5.67. The average Bonchev–Trinajstić information content (AvgIpc) is 2.69. The number of amidine groups is 1. The molecule has 0 aliphatic carbocycles. The number of nitrogen functional groups attached to an aromatic ring is 1. The van der Waals surface area contributed by atoms with Crippen LogP contribution in [0.2, 0.25) is 0 Å². The van der Waals surface area contributed by atoms with Gasteiger partial charge < -0.3 is 10.6 Å². The molecular weight excluding hydrogens is 258 g/mol. The first-order valence-electron chi connectivity index (χ1n) is 7.47. The van der Waals surface area contributed by atoms with Crippen molar-refractivity contribution in [2.45, 2.75) is 26.2 Å². The third-order valence-corrected chi connectivity index (χ3v) is 4.09. The van der Waals surface area contributed by atoms with Gasteiger partial charge in [0.1, 0.15) is 5.84 Å². The van der Waals surface area contributed by atoms with Crippen LogP contribution in [0.25, 0.3) is 0 Å². The van der Waals surface area contributed by atoms with Gasteiger partial charge in [-0.05, 0) is 55.5 Å². The summed E-state index contributed by atoms with van der Waals surface area (Å²) >= 11 is 0. The van der Waals surface area contributed by atoms with Crippen LogP contribution in [0.5, 0.6) is 0 Å². The zero-order valence-electron chi connectivity index (χ0n) is 12.4. The smallest absolute Gasteiger partial charge is 0.124 e. The van der Waals surface area contributed by atoms with Crippen LogP contribution in [0, 0.1) is 12.3 Å². The number of aryl methyl sites for hydroxylation is 2. The lowest BCUT2D eigenvalue weighted by Gasteiger charge is -2.27. The maximum Gasteiger partial charge on any atom is 0.124 e. The lowest BCUT2D eigenvalue weighted by atomic mass is 10.1. The molecule has 1 aliphatic rings. The lowest BCUT2D eigenvalue weighted by Crippen LogP contribution is -2.23. The van der Waals surface area contributed by atoms with E-state index in [0.29, 0.717) is 0 Å². The number of fused-ring (bicyclic) bond motifs is 1. The van der Waals surface area contributed by atoms with Crippen molar-refractivity contribution in [1.82, 2.24) is 0 Å². The summed E-state index contributed by atoms with van der Waals surface area (Å²) in [5.74, 6) is 0.131. The third kappa shape index (κ3) is 2.64. The summed E-state index contributed by atoms with van der Waals surface area (Å²) in [4.78, 5) is 2.33. The Labute approximate surface area is 125 Å². The van der Waals surface area contributed by atoms with E-state index in [-0.39, 0.29) is 5.84 Å². The van der Waals surface area contributed by atoms with Gasteiger partial charge in [0, 0.05) is 17.8 Å². The van der Waals surface area contributed by atoms with Crippen molar-refractivity contribution in [2.24, 2.45) is 5.73 Å². The molecule has 1 aliphatic heterocycles. The first-order chi connectivity index (χ1) is 10.2. The SMILES string of the molecule is Cc1ccc(C(=N)N)c(N2CCCCc3ccccc32)c1. The van der Waals surface area contributed by atoms with E-state index in [1.165, 1.54) is 23.2 Å². The van der Waals surface area contributed by atoms with Crippen LogP contribution < -0.4 is 10.6 Å². The highest BCUT2D eigenvalue weighted by molar-refractivity contribution is 6.01. The first kappa shape index (κ1) is 13.7. The third-order valence-electron chi connectivity index (χ3n) is 4.09. The molecule has 3 nitrogen and oxygen atoms in total. The van der Waals surface area contributed by atoms with Gasteiger partial charge in [-0.2, -0.15) is 0 Å². The van der Waals surface area contributed by atoms with Crippen molar-refractivity contribution in [3.8, 4) is 0 Å². The average molecular weight is 279 g/mol. The molecule has 3 heteroatoms. The summed E-state index contributed by atoms with van der Waals surface area (Å²) in [5.41, 5.74) is 11.5. The Morgan fingerprint density at radius 2 is 1.90 bits per heavy atom. The number of rotatable bonds is 2. The summed E-state index contributed by atoms with van der Waals surface area (Å²) in [7, 11) is 0. The van der Waals surface area contributed by atoms with Crippen LogP contribution >= 0.6 is 0 Å². The molecule has 0 saturated carbocycles. The number of anilines is 2. The Kier molecular flexibility index (Phi) is 3.65. The number of benzene rings is 2. The van der Waals surface area contributed by atoms with Gasteiger partial charge in [-0.15, -0.1) is 0 Å². The molecule has 3 N–H and O–H groups in total. The maximum atomic E-state index is 7.86. The molecule has 1 heterocycles. The largest absolute Gasteiger partial charge is 0.384 e. The number of para-hydroxylation sites is 1. The molecule has 0 bridgehead atoms. The Hall–Kier alpha value is -2.29. The van der Waals surface area contributed by atoms with E-state index in [0.717, 1.165) is 30.6 Å². The number of nitrogens with two attached hydrogens (primary N) is 1. The second-order valence-electron chi connectivity index (χ2n) is 5.67. The van der Waals surface area contributed by atoms with E-state index in [2.05, 4.69) is 42.2 Å². The predicted molar refractivity (Wildman–Crippen MR) is 88.6 cm³/mol.